The van der Waals surface area contributed by atoms with Gasteiger partial charge in [0, 0.05) is 12.3 Å². The summed E-state index contributed by atoms with van der Waals surface area (Å²) in [6.45, 7) is 0. The third-order valence-corrected chi connectivity index (χ3v) is 2.14. The van der Waals surface area contributed by atoms with Crippen molar-refractivity contribution in [3.8, 4) is 5.75 Å². The van der Waals surface area contributed by atoms with E-state index in [-0.39, 0.29) is 17.9 Å². The zero-order chi connectivity index (χ0) is 12.3. The van der Waals surface area contributed by atoms with Gasteiger partial charge in [0.25, 0.3) is 0 Å². The van der Waals surface area contributed by atoms with Gasteiger partial charge in [-0.05, 0) is 18.2 Å². The standard InChI is InChI=1S/C10H8ClF3O2/c11-4-3-8(15)7-2-1-6(5-9(7)16)10(12,13)14/h1-2,5,16H,3-4H2. The first kappa shape index (κ1) is 12.8. The van der Waals surface area contributed by atoms with Gasteiger partial charge < -0.3 is 5.11 Å². The van der Waals surface area contributed by atoms with Gasteiger partial charge in [0.1, 0.15) is 5.75 Å². The minimum absolute atomic E-state index is 0.0273. The summed E-state index contributed by atoms with van der Waals surface area (Å²) >= 11 is 5.32. The number of aromatic hydroxyl groups is 1. The molecule has 0 aliphatic carbocycles. The summed E-state index contributed by atoms with van der Waals surface area (Å²) in [5.74, 6) is -1.11. The number of phenolic OH excluding ortho intramolecular Hbond substituents is 1. The number of carbonyl (C=O) groups excluding carboxylic acids is 1. The Morgan fingerprint density at radius 3 is 2.44 bits per heavy atom. The molecule has 88 valence electrons. The molecule has 0 bridgehead atoms. The van der Waals surface area contributed by atoms with Crippen molar-refractivity contribution in [2.45, 2.75) is 12.6 Å². The van der Waals surface area contributed by atoms with E-state index in [4.69, 9.17) is 11.6 Å². The van der Waals surface area contributed by atoms with Crippen LogP contribution in [0.15, 0.2) is 18.2 Å². The summed E-state index contributed by atoms with van der Waals surface area (Å²) < 4.78 is 36.7. The predicted octanol–water partition coefficient (Wildman–Crippen LogP) is 3.22. The average molecular weight is 253 g/mol. The molecule has 6 heteroatoms. The van der Waals surface area contributed by atoms with E-state index in [1.807, 2.05) is 0 Å². The van der Waals surface area contributed by atoms with E-state index in [2.05, 4.69) is 0 Å². The van der Waals surface area contributed by atoms with E-state index in [0.29, 0.717) is 6.07 Å². The molecule has 0 unspecified atom stereocenters. The molecular weight excluding hydrogens is 245 g/mol. The smallest absolute Gasteiger partial charge is 0.416 e. The second-order valence-corrected chi connectivity index (χ2v) is 3.47. The lowest BCUT2D eigenvalue weighted by Gasteiger charge is -2.08. The van der Waals surface area contributed by atoms with Gasteiger partial charge >= 0.3 is 6.18 Å². The fourth-order valence-electron chi connectivity index (χ4n) is 1.16. The molecule has 0 radical (unpaired) electrons. The number of carbonyl (C=O) groups is 1. The molecule has 0 aromatic heterocycles. The first-order valence-corrected chi connectivity index (χ1v) is 4.89. The Bertz CT molecular complexity index is 402. The van der Waals surface area contributed by atoms with Crippen LogP contribution < -0.4 is 0 Å². The maximum atomic E-state index is 12.2. The van der Waals surface area contributed by atoms with E-state index in [1.54, 1.807) is 0 Å². The van der Waals surface area contributed by atoms with Crippen LogP contribution in [0.3, 0.4) is 0 Å². The Kier molecular flexibility index (Phi) is 3.80. The molecule has 0 atom stereocenters. The molecule has 0 spiro atoms. The Morgan fingerprint density at radius 1 is 1.38 bits per heavy atom. The van der Waals surface area contributed by atoms with Gasteiger partial charge in [-0.1, -0.05) is 0 Å². The number of hydrogen-bond donors (Lipinski definition) is 1. The monoisotopic (exact) mass is 252 g/mol. The van der Waals surface area contributed by atoms with Crippen LogP contribution in [-0.4, -0.2) is 16.8 Å². The highest BCUT2D eigenvalue weighted by molar-refractivity contribution is 6.19. The Labute approximate surface area is 94.6 Å². The second-order valence-electron chi connectivity index (χ2n) is 3.09. The summed E-state index contributed by atoms with van der Waals surface area (Å²) in [7, 11) is 0. The topological polar surface area (TPSA) is 37.3 Å². The summed E-state index contributed by atoms with van der Waals surface area (Å²) in [6, 6.07) is 2.23. The molecule has 1 aromatic carbocycles. The van der Waals surface area contributed by atoms with Crippen molar-refractivity contribution < 1.29 is 23.1 Å². The number of phenols is 1. The molecule has 0 amide bonds. The number of benzene rings is 1. The van der Waals surface area contributed by atoms with Gasteiger partial charge in [-0.15, -0.1) is 11.6 Å². The summed E-state index contributed by atoms with van der Waals surface area (Å²) in [5.41, 5.74) is -1.14. The first-order chi connectivity index (χ1) is 7.36. The van der Waals surface area contributed by atoms with Crippen LogP contribution in [0.4, 0.5) is 13.2 Å². The maximum absolute atomic E-state index is 12.2. The van der Waals surface area contributed by atoms with Crippen molar-refractivity contribution in [1.82, 2.24) is 0 Å². The van der Waals surface area contributed by atoms with Crippen molar-refractivity contribution >= 4 is 17.4 Å². The number of halogens is 4. The van der Waals surface area contributed by atoms with Crippen LogP contribution in [0.5, 0.6) is 5.75 Å². The molecule has 1 rings (SSSR count). The Hall–Kier alpha value is -1.23. The highest BCUT2D eigenvalue weighted by Gasteiger charge is 2.31. The van der Waals surface area contributed by atoms with Crippen LogP contribution in [0, 0.1) is 0 Å². The zero-order valence-corrected chi connectivity index (χ0v) is 8.77. The van der Waals surface area contributed by atoms with Crippen molar-refractivity contribution in [3.63, 3.8) is 0 Å². The van der Waals surface area contributed by atoms with Gasteiger partial charge in [-0.2, -0.15) is 13.2 Å². The van der Waals surface area contributed by atoms with Crippen LogP contribution in [0.1, 0.15) is 22.3 Å². The minimum Gasteiger partial charge on any atom is -0.507 e. The van der Waals surface area contributed by atoms with Crippen molar-refractivity contribution in [3.05, 3.63) is 29.3 Å². The Balaban J connectivity index is 3.05. The molecule has 0 aliphatic heterocycles. The number of ketones is 1. The van der Waals surface area contributed by atoms with E-state index in [0.717, 1.165) is 12.1 Å². The van der Waals surface area contributed by atoms with Crippen LogP contribution in [0.25, 0.3) is 0 Å². The summed E-state index contributed by atoms with van der Waals surface area (Å²) in [4.78, 5) is 11.3. The third-order valence-electron chi connectivity index (χ3n) is 1.95. The van der Waals surface area contributed by atoms with Gasteiger partial charge in [-0.3, -0.25) is 4.79 Å². The lowest BCUT2D eigenvalue weighted by molar-refractivity contribution is -0.137. The van der Waals surface area contributed by atoms with Gasteiger partial charge in [-0.25, -0.2) is 0 Å². The third kappa shape index (κ3) is 2.88. The van der Waals surface area contributed by atoms with E-state index < -0.39 is 23.3 Å². The molecule has 16 heavy (non-hydrogen) atoms. The van der Waals surface area contributed by atoms with Crippen molar-refractivity contribution in [2.24, 2.45) is 0 Å². The maximum Gasteiger partial charge on any atom is 0.416 e. The summed E-state index contributed by atoms with van der Waals surface area (Å²) in [6.07, 6.45) is -4.56. The van der Waals surface area contributed by atoms with Gasteiger partial charge in [0.2, 0.25) is 0 Å². The molecule has 0 heterocycles. The van der Waals surface area contributed by atoms with Crippen LogP contribution >= 0.6 is 11.6 Å². The molecule has 0 aliphatic rings. The number of hydrogen-bond acceptors (Lipinski definition) is 2. The quantitative estimate of drug-likeness (QED) is 0.662. The molecular formula is C10H8ClF3O2. The average Bonchev–Trinajstić information content (AvgIpc) is 2.16. The Morgan fingerprint density at radius 2 is 2.00 bits per heavy atom. The second kappa shape index (κ2) is 4.74. The largest absolute Gasteiger partial charge is 0.507 e. The molecule has 0 saturated carbocycles. The van der Waals surface area contributed by atoms with Crippen molar-refractivity contribution in [1.29, 1.82) is 0 Å². The fraction of sp³-hybridized carbons (Fsp3) is 0.300. The van der Waals surface area contributed by atoms with Crippen LogP contribution in [-0.2, 0) is 6.18 Å². The number of rotatable bonds is 3. The minimum atomic E-state index is -4.54. The van der Waals surface area contributed by atoms with Crippen LogP contribution in [0.2, 0.25) is 0 Å². The van der Waals surface area contributed by atoms with E-state index in [9.17, 15) is 23.1 Å². The normalized spacial score (nSPS) is 11.5. The zero-order valence-electron chi connectivity index (χ0n) is 8.01. The number of alkyl halides is 4. The van der Waals surface area contributed by atoms with Gasteiger partial charge in [0.05, 0.1) is 11.1 Å². The highest BCUT2D eigenvalue weighted by atomic mass is 35.5. The highest BCUT2D eigenvalue weighted by Crippen LogP contribution is 2.32. The number of Topliss-reactive ketones (excluding diaryl/α,β-unsaturated/α-hetero) is 1. The lowest BCUT2D eigenvalue weighted by atomic mass is 10.0. The molecule has 2 nitrogen and oxygen atoms in total. The summed E-state index contributed by atoms with van der Waals surface area (Å²) in [5, 5.41) is 9.29. The van der Waals surface area contributed by atoms with E-state index >= 15 is 0 Å². The van der Waals surface area contributed by atoms with Crippen molar-refractivity contribution in [2.75, 3.05) is 5.88 Å². The first-order valence-electron chi connectivity index (χ1n) is 4.35. The fourth-order valence-corrected chi connectivity index (χ4v) is 1.34. The molecule has 0 saturated heterocycles. The SMILES string of the molecule is O=C(CCCl)c1ccc(C(F)(F)F)cc1O. The molecule has 0 fully saturated rings. The lowest BCUT2D eigenvalue weighted by Crippen LogP contribution is -2.06. The molecule has 1 N–H and O–H groups in total. The molecule has 1 aromatic rings. The van der Waals surface area contributed by atoms with E-state index in [1.165, 1.54) is 0 Å². The predicted molar refractivity (Wildman–Crippen MR) is 52.8 cm³/mol. The van der Waals surface area contributed by atoms with Gasteiger partial charge in [0.15, 0.2) is 5.78 Å².